The smallest absolute Gasteiger partial charge is 0.0147 e. The first-order valence-corrected chi connectivity index (χ1v) is 7.18. The molecule has 2 N–H and O–H groups in total. The summed E-state index contributed by atoms with van der Waals surface area (Å²) in [7, 11) is 0. The van der Waals surface area contributed by atoms with E-state index in [-0.39, 0.29) is 0 Å². The predicted molar refractivity (Wildman–Crippen MR) is 70.4 cm³/mol. The molecule has 0 saturated carbocycles. The Morgan fingerprint density at radius 2 is 2.27 bits per heavy atom. The van der Waals surface area contributed by atoms with E-state index in [9.17, 15) is 0 Å². The van der Waals surface area contributed by atoms with Crippen LogP contribution in [0.3, 0.4) is 0 Å². The summed E-state index contributed by atoms with van der Waals surface area (Å²) in [6.45, 7) is 11.4. The van der Waals surface area contributed by atoms with Crippen molar-refractivity contribution < 1.29 is 0 Å². The lowest BCUT2D eigenvalue weighted by atomic mass is 9.85. The number of rotatable bonds is 5. The van der Waals surface area contributed by atoms with Gasteiger partial charge in [-0.3, -0.25) is 0 Å². The van der Waals surface area contributed by atoms with Gasteiger partial charge in [0, 0.05) is 30.6 Å². The van der Waals surface area contributed by atoms with Crippen LogP contribution in [0.15, 0.2) is 0 Å². The van der Waals surface area contributed by atoms with E-state index in [0.29, 0.717) is 5.41 Å². The average Bonchev–Trinajstić information content (AvgIpc) is 2.18. The van der Waals surface area contributed by atoms with E-state index < -0.39 is 0 Å². The van der Waals surface area contributed by atoms with E-state index in [4.69, 9.17) is 5.73 Å². The fourth-order valence-corrected chi connectivity index (χ4v) is 3.51. The fraction of sp³-hybridized carbons (Fsp3) is 1.00. The highest BCUT2D eigenvalue weighted by Gasteiger charge is 2.27. The summed E-state index contributed by atoms with van der Waals surface area (Å²) >= 11 is 2.10. The Balaban J connectivity index is 2.43. The number of hydrogen-bond acceptors (Lipinski definition) is 3. The van der Waals surface area contributed by atoms with Crippen molar-refractivity contribution in [3.63, 3.8) is 0 Å². The van der Waals surface area contributed by atoms with E-state index in [1.165, 1.54) is 38.2 Å². The summed E-state index contributed by atoms with van der Waals surface area (Å²) in [6.07, 6.45) is 2.49. The molecule has 1 fully saturated rings. The molecule has 0 spiro atoms. The standard InChI is InChI=1S/C12H26N2S/c1-4-5-12(3,9-13)10-14-6-7-15-11(2)8-14/h11H,4-10,13H2,1-3H3. The van der Waals surface area contributed by atoms with E-state index in [2.05, 4.69) is 37.4 Å². The highest BCUT2D eigenvalue weighted by molar-refractivity contribution is 7.99. The maximum absolute atomic E-state index is 5.91. The molecule has 15 heavy (non-hydrogen) atoms. The molecular formula is C12H26N2S. The van der Waals surface area contributed by atoms with E-state index in [1.54, 1.807) is 0 Å². The minimum absolute atomic E-state index is 0.330. The van der Waals surface area contributed by atoms with Gasteiger partial charge in [-0.2, -0.15) is 11.8 Å². The Kier molecular flexibility index (Phi) is 5.44. The second-order valence-corrected chi connectivity index (χ2v) is 6.73. The minimum Gasteiger partial charge on any atom is -0.330 e. The van der Waals surface area contributed by atoms with Gasteiger partial charge in [-0.15, -0.1) is 0 Å². The van der Waals surface area contributed by atoms with Crippen LogP contribution in [-0.2, 0) is 0 Å². The van der Waals surface area contributed by atoms with Crippen molar-refractivity contribution in [3.8, 4) is 0 Å². The third kappa shape index (κ3) is 4.33. The first kappa shape index (κ1) is 13.3. The molecule has 0 bridgehead atoms. The molecule has 1 aliphatic heterocycles. The normalized spacial score (nSPS) is 27.6. The van der Waals surface area contributed by atoms with Gasteiger partial charge in [0.2, 0.25) is 0 Å². The van der Waals surface area contributed by atoms with Crippen molar-refractivity contribution in [1.29, 1.82) is 0 Å². The lowest BCUT2D eigenvalue weighted by Gasteiger charge is -2.38. The van der Waals surface area contributed by atoms with E-state index >= 15 is 0 Å². The summed E-state index contributed by atoms with van der Waals surface area (Å²) < 4.78 is 0. The van der Waals surface area contributed by atoms with E-state index in [0.717, 1.165) is 11.8 Å². The van der Waals surface area contributed by atoms with Gasteiger partial charge in [-0.25, -0.2) is 0 Å². The first-order valence-electron chi connectivity index (χ1n) is 6.13. The van der Waals surface area contributed by atoms with Gasteiger partial charge in [0.15, 0.2) is 0 Å². The molecular weight excluding hydrogens is 204 g/mol. The highest BCUT2D eigenvalue weighted by atomic mass is 32.2. The van der Waals surface area contributed by atoms with Gasteiger partial charge in [0.25, 0.3) is 0 Å². The van der Waals surface area contributed by atoms with Crippen LogP contribution in [0, 0.1) is 5.41 Å². The second kappa shape index (κ2) is 6.12. The number of nitrogens with two attached hydrogens (primary N) is 1. The van der Waals surface area contributed by atoms with Gasteiger partial charge in [0.05, 0.1) is 0 Å². The average molecular weight is 230 g/mol. The van der Waals surface area contributed by atoms with Crippen molar-refractivity contribution in [3.05, 3.63) is 0 Å². The van der Waals surface area contributed by atoms with Crippen molar-refractivity contribution >= 4 is 11.8 Å². The molecule has 2 atom stereocenters. The molecule has 3 heteroatoms. The molecule has 0 aromatic rings. The first-order chi connectivity index (χ1) is 7.09. The van der Waals surface area contributed by atoms with Crippen LogP contribution in [0.1, 0.15) is 33.6 Å². The third-order valence-electron chi connectivity index (χ3n) is 3.28. The predicted octanol–water partition coefficient (Wildman–Crippen LogP) is 2.19. The largest absolute Gasteiger partial charge is 0.330 e. The Morgan fingerprint density at radius 3 is 2.80 bits per heavy atom. The molecule has 90 valence electrons. The van der Waals surface area contributed by atoms with Crippen molar-refractivity contribution in [2.24, 2.45) is 11.1 Å². The summed E-state index contributed by atoms with van der Waals surface area (Å²) in [4.78, 5) is 2.60. The van der Waals surface area contributed by atoms with Crippen LogP contribution in [0.2, 0.25) is 0 Å². The summed E-state index contributed by atoms with van der Waals surface area (Å²) in [5, 5.41) is 0.794. The Morgan fingerprint density at radius 1 is 1.53 bits per heavy atom. The maximum atomic E-state index is 5.91. The molecule has 2 nitrogen and oxygen atoms in total. The fourth-order valence-electron chi connectivity index (χ4n) is 2.42. The molecule has 1 aliphatic rings. The van der Waals surface area contributed by atoms with Crippen LogP contribution < -0.4 is 5.73 Å². The topological polar surface area (TPSA) is 29.3 Å². The van der Waals surface area contributed by atoms with Crippen LogP contribution in [0.25, 0.3) is 0 Å². The van der Waals surface area contributed by atoms with Gasteiger partial charge >= 0.3 is 0 Å². The Bertz CT molecular complexity index is 186. The number of nitrogens with zero attached hydrogens (tertiary/aromatic N) is 1. The molecule has 1 heterocycles. The number of thioether (sulfide) groups is 1. The number of hydrogen-bond donors (Lipinski definition) is 1. The monoisotopic (exact) mass is 230 g/mol. The highest BCUT2D eigenvalue weighted by Crippen LogP contribution is 2.26. The van der Waals surface area contributed by atoms with E-state index in [1.807, 2.05) is 0 Å². The zero-order chi connectivity index (χ0) is 11.3. The second-order valence-electron chi connectivity index (χ2n) is 5.18. The summed E-state index contributed by atoms with van der Waals surface area (Å²) in [5.74, 6) is 1.29. The molecule has 0 aliphatic carbocycles. The quantitative estimate of drug-likeness (QED) is 0.785. The van der Waals surface area contributed by atoms with Gasteiger partial charge in [-0.1, -0.05) is 27.2 Å². The summed E-state index contributed by atoms with van der Waals surface area (Å²) in [5.41, 5.74) is 6.24. The third-order valence-corrected chi connectivity index (χ3v) is 4.41. The van der Waals surface area contributed by atoms with Crippen molar-refractivity contribution in [1.82, 2.24) is 4.90 Å². The van der Waals surface area contributed by atoms with Crippen molar-refractivity contribution in [2.45, 2.75) is 38.9 Å². The molecule has 0 aromatic heterocycles. The SMILES string of the molecule is CCCC(C)(CN)CN1CCSC(C)C1. The molecule has 0 aromatic carbocycles. The molecule has 1 rings (SSSR count). The zero-order valence-electron chi connectivity index (χ0n) is 10.5. The molecule has 0 amide bonds. The Labute approximate surface area is 99.0 Å². The molecule has 2 unspecified atom stereocenters. The lowest BCUT2D eigenvalue weighted by Crippen LogP contribution is -2.45. The van der Waals surface area contributed by atoms with Crippen LogP contribution in [0.5, 0.6) is 0 Å². The van der Waals surface area contributed by atoms with Crippen LogP contribution in [0.4, 0.5) is 0 Å². The molecule has 1 saturated heterocycles. The maximum Gasteiger partial charge on any atom is 0.0147 e. The molecule has 0 radical (unpaired) electrons. The van der Waals surface area contributed by atoms with Crippen LogP contribution in [-0.4, -0.2) is 42.1 Å². The van der Waals surface area contributed by atoms with Gasteiger partial charge < -0.3 is 10.6 Å². The van der Waals surface area contributed by atoms with Gasteiger partial charge in [-0.05, 0) is 18.4 Å². The summed E-state index contributed by atoms with van der Waals surface area (Å²) in [6, 6.07) is 0. The lowest BCUT2D eigenvalue weighted by molar-refractivity contribution is 0.163. The van der Waals surface area contributed by atoms with Crippen molar-refractivity contribution in [2.75, 3.05) is 31.9 Å². The zero-order valence-corrected chi connectivity index (χ0v) is 11.3. The Hall–Kier alpha value is 0.270. The minimum atomic E-state index is 0.330. The van der Waals surface area contributed by atoms with Crippen LogP contribution >= 0.6 is 11.8 Å². The van der Waals surface area contributed by atoms with Gasteiger partial charge in [0.1, 0.15) is 0 Å².